The SMILES string of the molecule is Cc1ncnc(N2CC3CC(C2)N3C(=O)OC(C)(C)C)c1C. The van der Waals surface area contributed by atoms with Gasteiger partial charge >= 0.3 is 6.09 Å². The molecule has 4 heterocycles. The van der Waals surface area contributed by atoms with E-state index in [4.69, 9.17) is 4.74 Å². The van der Waals surface area contributed by atoms with Crippen molar-refractivity contribution in [2.45, 2.75) is 58.7 Å². The molecule has 2 bridgehead atoms. The maximum Gasteiger partial charge on any atom is 0.410 e. The second-order valence-electron chi connectivity index (χ2n) is 7.24. The van der Waals surface area contributed by atoms with Gasteiger partial charge in [-0.3, -0.25) is 4.90 Å². The Hall–Kier alpha value is -1.85. The van der Waals surface area contributed by atoms with E-state index in [2.05, 4.69) is 21.8 Å². The molecule has 0 N–H and O–H groups in total. The van der Waals surface area contributed by atoms with Crippen LogP contribution in [0.4, 0.5) is 10.6 Å². The molecular weight excluding hydrogens is 280 g/mol. The summed E-state index contributed by atoms with van der Waals surface area (Å²) in [5.74, 6) is 0.992. The van der Waals surface area contributed by atoms with Crippen LogP contribution in [0.2, 0.25) is 0 Å². The average Bonchev–Trinajstić information content (AvgIpc) is 2.39. The summed E-state index contributed by atoms with van der Waals surface area (Å²) in [6.45, 7) is 11.4. The monoisotopic (exact) mass is 304 g/mol. The summed E-state index contributed by atoms with van der Waals surface area (Å²) < 4.78 is 5.50. The number of carbonyl (C=O) groups is 1. The molecule has 6 nitrogen and oxygen atoms in total. The van der Waals surface area contributed by atoms with Gasteiger partial charge < -0.3 is 9.64 Å². The third kappa shape index (κ3) is 2.62. The van der Waals surface area contributed by atoms with Crippen LogP contribution in [0.15, 0.2) is 6.33 Å². The van der Waals surface area contributed by atoms with Gasteiger partial charge in [0.1, 0.15) is 17.7 Å². The van der Waals surface area contributed by atoms with Gasteiger partial charge in [0.15, 0.2) is 0 Å². The van der Waals surface area contributed by atoms with Crippen molar-refractivity contribution >= 4 is 11.9 Å². The van der Waals surface area contributed by atoms with E-state index < -0.39 is 5.60 Å². The fourth-order valence-corrected chi connectivity index (χ4v) is 3.24. The number of amides is 1. The van der Waals surface area contributed by atoms with Crippen LogP contribution >= 0.6 is 0 Å². The summed E-state index contributed by atoms with van der Waals surface area (Å²) in [6.07, 6.45) is 2.48. The molecule has 0 radical (unpaired) electrons. The summed E-state index contributed by atoms with van der Waals surface area (Å²) in [5.41, 5.74) is 1.68. The number of hydrogen-bond donors (Lipinski definition) is 0. The Bertz CT molecular complexity index is 584. The Morgan fingerprint density at radius 2 is 1.86 bits per heavy atom. The van der Waals surface area contributed by atoms with E-state index in [0.29, 0.717) is 0 Å². The molecule has 0 saturated carbocycles. The van der Waals surface area contributed by atoms with Gasteiger partial charge in [-0.05, 0) is 41.0 Å². The van der Waals surface area contributed by atoms with Crippen molar-refractivity contribution in [1.82, 2.24) is 14.9 Å². The van der Waals surface area contributed by atoms with E-state index in [1.54, 1.807) is 6.33 Å². The van der Waals surface area contributed by atoms with Crippen LogP contribution in [0.5, 0.6) is 0 Å². The van der Waals surface area contributed by atoms with Gasteiger partial charge in [-0.2, -0.15) is 0 Å². The number of aryl methyl sites for hydroxylation is 1. The first-order valence-electron chi connectivity index (χ1n) is 7.81. The summed E-state index contributed by atoms with van der Waals surface area (Å²) >= 11 is 0. The Balaban J connectivity index is 1.70. The van der Waals surface area contributed by atoms with Crippen molar-refractivity contribution < 1.29 is 9.53 Å². The minimum atomic E-state index is -0.443. The standard InChI is InChI=1S/C16H24N4O2/c1-10-11(2)17-9-18-14(10)19-7-12-6-13(8-19)20(12)15(21)22-16(3,4)5/h9,12-13H,6-8H2,1-5H3. The van der Waals surface area contributed by atoms with Crippen LogP contribution < -0.4 is 4.90 Å². The van der Waals surface area contributed by atoms with E-state index in [-0.39, 0.29) is 18.2 Å². The number of anilines is 1. The molecule has 1 aromatic heterocycles. The number of hydrogen-bond acceptors (Lipinski definition) is 5. The number of nitrogens with zero attached hydrogens (tertiary/aromatic N) is 4. The molecule has 4 rings (SSSR count). The normalized spacial score (nSPS) is 24.0. The lowest BCUT2D eigenvalue weighted by Crippen LogP contribution is -2.70. The van der Waals surface area contributed by atoms with E-state index in [9.17, 15) is 4.79 Å². The third-order valence-corrected chi connectivity index (χ3v) is 4.41. The highest BCUT2D eigenvalue weighted by Gasteiger charge is 2.49. The van der Waals surface area contributed by atoms with Crippen molar-refractivity contribution in [2.24, 2.45) is 0 Å². The van der Waals surface area contributed by atoms with Crippen LogP contribution in [-0.2, 0) is 4.74 Å². The highest BCUT2D eigenvalue weighted by molar-refractivity contribution is 5.71. The van der Waals surface area contributed by atoms with E-state index >= 15 is 0 Å². The maximum absolute atomic E-state index is 12.3. The largest absolute Gasteiger partial charge is 0.444 e. The number of piperazine rings is 1. The van der Waals surface area contributed by atoms with Gasteiger partial charge in [0.05, 0.1) is 12.1 Å². The summed E-state index contributed by atoms with van der Waals surface area (Å²) in [6, 6.07) is 0.451. The number of ether oxygens (including phenoxy) is 1. The lowest BCUT2D eigenvalue weighted by atomic mass is 9.88. The van der Waals surface area contributed by atoms with Gasteiger partial charge in [0, 0.05) is 24.3 Å². The molecule has 3 aliphatic rings. The van der Waals surface area contributed by atoms with Crippen molar-refractivity contribution in [3.05, 3.63) is 17.6 Å². The summed E-state index contributed by atoms with van der Waals surface area (Å²) in [4.78, 5) is 25.1. The molecule has 0 aliphatic carbocycles. The molecule has 120 valence electrons. The first-order chi connectivity index (χ1) is 10.3. The smallest absolute Gasteiger partial charge is 0.410 e. The van der Waals surface area contributed by atoms with Crippen molar-refractivity contribution in [2.75, 3.05) is 18.0 Å². The molecular formula is C16H24N4O2. The van der Waals surface area contributed by atoms with E-state index in [0.717, 1.165) is 36.6 Å². The van der Waals surface area contributed by atoms with Gasteiger partial charge in [0.25, 0.3) is 0 Å². The molecule has 3 aliphatic heterocycles. The zero-order chi connectivity index (χ0) is 16.1. The number of carbonyl (C=O) groups excluding carboxylic acids is 1. The summed E-state index contributed by atoms with van der Waals surface area (Å²) in [7, 11) is 0. The van der Waals surface area contributed by atoms with Crippen LogP contribution in [0.3, 0.4) is 0 Å². The van der Waals surface area contributed by atoms with Crippen molar-refractivity contribution in [3.8, 4) is 0 Å². The van der Waals surface area contributed by atoms with Crippen LogP contribution in [0.1, 0.15) is 38.4 Å². The number of aromatic nitrogens is 2. The molecule has 2 unspecified atom stereocenters. The molecule has 0 aromatic carbocycles. The minimum absolute atomic E-state index is 0.191. The van der Waals surface area contributed by atoms with E-state index in [1.165, 1.54) is 0 Å². The number of rotatable bonds is 1. The molecule has 1 amide bonds. The fourth-order valence-electron chi connectivity index (χ4n) is 3.24. The zero-order valence-corrected chi connectivity index (χ0v) is 14.0. The Kier molecular flexibility index (Phi) is 3.50. The number of piperidine rings is 1. The highest BCUT2D eigenvalue weighted by Crippen LogP contribution is 2.36. The van der Waals surface area contributed by atoms with Gasteiger partial charge in [0.2, 0.25) is 0 Å². The predicted octanol–water partition coefficient (Wildman–Crippen LogP) is 2.29. The molecule has 1 aromatic rings. The van der Waals surface area contributed by atoms with Crippen LogP contribution in [-0.4, -0.2) is 51.7 Å². The topological polar surface area (TPSA) is 58.6 Å². The Morgan fingerprint density at radius 3 is 2.45 bits per heavy atom. The van der Waals surface area contributed by atoms with Gasteiger partial charge in [-0.15, -0.1) is 0 Å². The molecule has 3 saturated heterocycles. The second kappa shape index (κ2) is 5.11. The lowest BCUT2D eigenvalue weighted by molar-refractivity contribution is -0.0380. The fraction of sp³-hybridized carbons (Fsp3) is 0.688. The third-order valence-electron chi connectivity index (χ3n) is 4.41. The number of fused-ring (bicyclic) bond motifs is 2. The predicted molar refractivity (Wildman–Crippen MR) is 84.0 cm³/mol. The first kappa shape index (κ1) is 15.1. The van der Waals surface area contributed by atoms with Gasteiger partial charge in [-0.25, -0.2) is 14.8 Å². The minimum Gasteiger partial charge on any atom is -0.444 e. The van der Waals surface area contributed by atoms with E-state index in [1.807, 2.05) is 32.6 Å². The maximum atomic E-state index is 12.3. The summed E-state index contributed by atoms with van der Waals surface area (Å²) in [5, 5.41) is 0. The molecule has 2 atom stereocenters. The average molecular weight is 304 g/mol. The van der Waals surface area contributed by atoms with Gasteiger partial charge in [-0.1, -0.05) is 0 Å². The Morgan fingerprint density at radius 1 is 1.23 bits per heavy atom. The zero-order valence-electron chi connectivity index (χ0n) is 14.0. The van der Waals surface area contributed by atoms with Crippen LogP contribution in [0, 0.1) is 13.8 Å². The van der Waals surface area contributed by atoms with Crippen molar-refractivity contribution in [3.63, 3.8) is 0 Å². The van der Waals surface area contributed by atoms with Crippen molar-refractivity contribution in [1.29, 1.82) is 0 Å². The molecule has 6 heteroatoms. The Labute approximate surface area is 131 Å². The first-order valence-corrected chi connectivity index (χ1v) is 7.81. The second-order valence-corrected chi connectivity index (χ2v) is 7.24. The lowest BCUT2D eigenvalue weighted by Gasteiger charge is -2.56. The quantitative estimate of drug-likeness (QED) is 0.796. The highest BCUT2D eigenvalue weighted by atomic mass is 16.6. The molecule has 0 spiro atoms. The molecule has 3 fully saturated rings. The van der Waals surface area contributed by atoms with Crippen LogP contribution in [0.25, 0.3) is 0 Å². The molecule has 22 heavy (non-hydrogen) atoms.